The monoisotopic (exact) mass is 375 g/mol. The Balaban J connectivity index is 2.11. The molecule has 0 aliphatic carbocycles. The number of benzene rings is 1. The summed E-state index contributed by atoms with van der Waals surface area (Å²) < 4.78 is 38.0. The van der Waals surface area contributed by atoms with E-state index in [1.54, 1.807) is 12.3 Å². The number of hydrogen-bond donors (Lipinski definition) is 4. The van der Waals surface area contributed by atoms with Gasteiger partial charge in [0, 0.05) is 17.6 Å². The van der Waals surface area contributed by atoms with Crippen molar-refractivity contribution >= 4 is 28.9 Å². The molecule has 0 saturated heterocycles. The summed E-state index contributed by atoms with van der Waals surface area (Å²) in [5.74, 6) is -1.61. The Bertz CT molecular complexity index is 746. The lowest BCUT2D eigenvalue weighted by Gasteiger charge is -2.25. The first-order valence-corrected chi connectivity index (χ1v) is 7.70. The number of carbonyl (C=O) groups is 1. The molecular formula is C16H17ClF3N3O2. The zero-order valence-electron chi connectivity index (χ0n) is 13.4. The second kappa shape index (κ2) is 6.97. The summed E-state index contributed by atoms with van der Waals surface area (Å²) in [7, 11) is 0. The van der Waals surface area contributed by atoms with Gasteiger partial charge in [0.1, 0.15) is 0 Å². The maximum atomic E-state index is 12.7. The van der Waals surface area contributed by atoms with Gasteiger partial charge in [0.2, 0.25) is 5.60 Å². The predicted octanol–water partition coefficient (Wildman–Crippen LogP) is 4.09. The first-order valence-electron chi connectivity index (χ1n) is 7.32. The van der Waals surface area contributed by atoms with Crippen LogP contribution in [0, 0.1) is 0 Å². The molecule has 0 radical (unpaired) electrons. The standard InChI is InChI=1S/C16H17ClF3N3O2/c1-9(12-4-3-7-21-12)22-10-5-6-13(11(17)8-10)23-14(24)15(2,25)16(18,19)20/h3-9,21-22,25H,1-2H3,(H,23,24)/t9?,15-/m1/s1. The number of halogens is 4. The Labute approximate surface area is 147 Å². The van der Waals surface area contributed by atoms with Gasteiger partial charge < -0.3 is 20.7 Å². The minimum atomic E-state index is -5.10. The molecule has 2 rings (SSSR count). The van der Waals surface area contributed by atoms with E-state index in [0.717, 1.165) is 5.69 Å². The molecule has 25 heavy (non-hydrogen) atoms. The third kappa shape index (κ3) is 4.26. The van der Waals surface area contributed by atoms with Crippen LogP contribution in [0.2, 0.25) is 5.02 Å². The molecule has 1 aromatic heterocycles. The van der Waals surface area contributed by atoms with E-state index in [4.69, 9.17) is 11.6 Å². The third-order valence-corrected chi connectivity index (χ3v) is 4.00. The van der Waals surface area contributed by atoms with E-state index in [9.17, 15) is 23.1 Å². The number of aromatic nitrogens is 1. The van der Waals surface area contributed by atoms with E-state index in [0.29, 0.717) is 12.6 Å². The number of amides is 1. The molecule has 1 aromatic carbocycles. The molecule has 1 heterocycles. The van der Waals surface area contributed by atoms with E-state index in [1.807, 2.05) is 24.4 Å². The fraction of sp³-hybridized carbons (Fsp3) is 0.312. The van der Waals surface area contributed by atoms with Crippen molar-refractivity contribution in [3.63, 3.8) is 0 Å². The minimum absolute atomic E-state index is 0.0331. The Kier molecular flexibility index (Phi) is 5.34. The van der Waals surface area contributed by atoms with Gasteiger partial charge in [-0.15, -0.1) is 0 Å². The third-order valence-electron chi connectivity index (χ3n) is 3.68. The number of anilines is 2. The van der Waals surface area contributed by atoms with E-state index in [2.05, 4.69) is 10.3 Å². The number of H-pyrrole nitrogens is 1. The minimum Gasteiger partial charge on any atom is -0.377 e. The van der Waals surface area contributed by atoms with Crippen molar-refractivity contribution in [2.24, 2.45) is 0 Å². The summed E-state index contributed by atoms with van der Waals surface area (Å²) in [5, 5.41) is 14.5. The lowest BCUT2D eigenvalue weighted by Crippen LogP contribution is -2.52. The Morgan fingerprint density at radius 3 is 2.52 bits per heavy atom. The van der Waals surface area contributed by atoms with Crippen molar-refractivity contribution in [1.82, 2.24) is 4.98 Å². The van der Waals surface area contributed by atoms with Gasteiger partial charge in [-0.05, 0) is 44.2 Å². The second-order valence-corrected chi connectivity index (χ2v) is 6.12. The van der Waals surface area contributed by atoms with Gasteiger partial charge in [-0.1, -0.05) is 11.6 Å². The van der Waals surface area contributed by atoms with E-state index < -0.39 is 17.7 Å². The van der Waals surface area contributed by atoms with Gasteiger partial charge in [0.15, 0.2) is 0 Å². The van der Waals surface area contributed by atoms with Gasteiger partial charge in [0.05, 0.1) is 16.8 Å². The van der Waals surface area contributed by atoms with Crippen LogP contribution in [0.25, 0.3) is 0 Å². The molecule has 2 atom stereocenters. The fourth-order valence-electron chi connectivity index (χ4n) is 2.02. The van der Waals surface area contributed by atoms with Crippen molar-refractivity contribution in [1.29, 1.82) is 0 Å². The molecular weight excluding hydrogens is 359 g/mol. The summed E-state index contributed by atoms with van der Waals surface area (Å²) in [5.41, 5.74) is -1.99. The highest BCUT2D eigenvalue weighted by atomic mass is 35.5. The summed E-state index contributed by atoms with van der Waals surface area (Å²) in [6, 6.07) is 8.08. The number of aliphatic hydroxyl groups is 1. The molecule has 0 aliphatic rings. The zero-order chi connectivity index (χ0) is 18.8. The molecule has 1 unspecified atom stereocenters. The van der Waals surface area contributed by atoms with Crippen LogP contribution in [-0.2, 0) is 4.79 Å². The highest BCUT2D eigenvalue weighted by molar-refractivity contribution is 6.34. The molecule has 136 valence electrons. The van der Waals surface area contributed by atoms with Gasteiger partial charge in [-0.2, -0.15) is 13.2 Å². The van der Waals surface area contributed by atoms with Crippen molar-refractivity contribution < 1.29 is 23.1 Å². The Hall–Kier alpha value is -2.19. The van der Waals surface area contributed by atoms with Gasteiger partial charge in [-0.3, -0.25) is 4.79 Å². The first-order chi connectivity index (χ1) is 11.5. The van der Waals surface area contributed by atoms with Gasteiger partial charge in [0.25, 0.3) is 5.91 Å². The molecule has 0 spiro atoms. The predicted molar refractivity (Wildman–Crippen MR) is 89.6 cm³/mol. The van der Waals surface area contributed by atoms with Crippen molar-refractivity contribution in [2.75, 3.05) is 10.6 Å². The SMILES string of the molecule is CC(Nc1ccc(NC(=O)[C@@](C)(O)C(F)(F)F)c(Cl)c1)c1ccc[nH]1. The highest BCUT2D eigenvalue weighted by Gasteiger charge is 2.55. The van der Waals surface area contributed by atoms with Crippen LogP contribution in [0.5, 0.6) is 0 Å². The number of carbonyl (C=O) groups excluding carboxylic acids is 1. The van der Waals surface area contributed by atoms with E-state index in [1.165, 1.54) is 12.1 Å². The lowest BCUT2D eigenvalue weighted by molar-refractivity contribution is -0.242. The van der Waals surface area contributed by atoms with Gasteiger partial charge in [-0.25, -0.2) is 0 Å². The average molecular weight is 376 g/mol. The molecule has 5 nitrogen and oxygen atoms in total. The van der Waals surface area contributed by atoms with Crippen LogP contribution >= 0.6 is 11.6 Å². The molecule has 0 aliphatic heterocycles. The number of nitrogens with one attached hydrogen (secondary N) is 3. The number of aromatic amines is 1. The van der Waals surface area contributed by atoms with Crippen LogP contribution in [0.4, 0.5) is 24.5 Å². The quantitative estimate of drug-likeness (QED) is 0.635. The summed E-state index contributed by atoms with van der Waals surface area (Å²) in [4.78, 5) is 14.7. The summed E-state index contributed by atoms with van der Waals surface area (Å²) >= 11 is 6.02. The average Bonchev–Trinajstić information content (AvgIpc) is 3.03. The van der Waals surface area contributed by atoms with Crippen LogP contribution < -0.4 is 10.6 Å². The topological polar surface area (TPSA) is 77.2 Å². The zero-order valence-corrected chi connectivity index (χ0v) is 14.2. The largest absolute Gasteiger partial charge is 0.426 e. The molecule has 4 N–H and O–H groups in total. The molecule has 9 heteroatoms. The van der Waals surface area contributed by atoms with Crippen molar-refractivity contribution in [3.8, 4) is 0 Å². The first kappa shape index (κ1) is 19.1. The number of alkyl halides is 3. The summed E-state index contributed by atoms with van der Waals surface area (Å²) in [6.45, 7) is 2.29. The second-order valence-electron chi connectivity index (χ2n) is 5.71. The van der Waals surface area contributed by atoms with Crippen LogP contribution in [0.15, 0.2) is 36.5 Å². The van der Waals surface area contributed by atoms with Crippen LogP contribution in [-0.4, -0.2) is 27.8 Å². The molecule has 0 saturated carbocycles. The Morgan fingerprint density at radius 2 is 2.00 bits per heavy atom. The molecule has 0 fully saturated rings. The molecule has 1 amide bonds. The van der Waals surface area contributed by atoms with Crippen LogP contribution in [0.1, 0.15) is 25.6 Å². The van der Waals surface area contributed by atoms with Crippen molar-refractivity contribution in [3.05, 3.63) is 47.2 Å². The maximum Gasteiger partial charge on any atom is 0.426 e. The fourth-order valence-corrected chi connectivity index (χ4v) is 2.25. The normalized spacial score (nSPS) is 15.3. The summed E-state index contributed by atoms with van der Waals surface area (Å²) in [6.07, 6.45) is -3.32. The lowest BCUT2D eigenvalue weighted by atomic mass is 10.1. The Morgan fingerprint density at radius 1 is 1.32 bits per heavy atom. The molecule has 2 aromatic rings. The number of rotatable bonds is 5. The van der Waals surface area contributed by atoms with E-state index >= 15 is 0 Å². The smallest absolute Gasteiger partial charge is 0.377 e. The number of hydrogen-bond acceptors (Lipinski definition) is 3. The van der Waals surface area contributed by atoms with Crippen LogP contribution in [0.3, 0.4) is 0 Å². The van der Waals surface area contributed by atoms with Crippen molar-refractivity contribution in [2.45, 2.75) is 31.7 Å². The maximum absolute atomic E-state index is 12.7. The van der Waals surface area contributed by atoms with E-state index in [-0.39, 0.29) is 16.8 Å². The highest BCUT2D eigenvalue weighted by Crippen LogP contribution is 2.33. The van der Waals surface area contributed by atoms with Gasteiger partial charge >= 0.3 is 6.18 Å². The molecule has 0 bridgehead atoms.